The summed E-state index contributed by atoms with van der Waals surface area (Å²) in [6.07, 6.45) is 3.92. The number of ether oxygens (including phenoxy) is 2. The lowest BCUT2D eigenvalue weighted by Crippen LogP contribution is -2.45. The van der Waals surface area contributed by atoms with Crippen LogP contribution in [-0.4, -0.2) is 26.7 Å². The zero-order valence-corrected chi connectivity index (χ0v) is 16.5. The number of allylic oxidation sites excluding steroid dienone is 1. The van der Waals surface area contributed by atoms with Crippen LogP contribution in [0.4, 0.5) is 0 Å². The molecule has 0 fully saturated rings. The van der Waals surface area contributed by atoms with Crippen molar-refractivity contribution in [2.24, 2.45) is 11.1 Å². The van der Waals surface area contributed by atoms with Crippen molar-refractivity contribution in [3.63, 3.8) is 0 Å². The van der Waals surface area contributed by atoms with Crippen molar-refractivity contribution in [2.45, 2.75) is 39.7 Å². The minimum absolute atomic E-state index is 0. The molecule has 1 rings (SSSR count). The van der Waals surface area contributed by atoms with E-state index < -0.39 is 5.41 Å². The summed E-state index contributed by atoms with van der Waals surface area (Å²) >= 11 is 0. The second-order valence-corrected chi connectivity index (χ2v) is 5.86. The van der Waals surface area contributed by atoms with Crippen LogP contribution in [0.5, 0.6) is 11.5 Å². The summed E-state index contributed by atoms with van der Waals surface area (Å²) in [5.74, 6) is 1.35. The first-order valence-electron chi connectivity index (χ1n) is 8.34. The highest BCUT2D eigenvalue weighted by molar-refractivity contribution is 5.85. The van der Waals surface area contributed by atoms with Crippen molar-refractivity contribution in [1.82, 2.24) is 5.32 Å². The maximum Gasteiger partial charge on any atom is 0.227 e. The van der Waals surface area contributed by atoms with Crippen LogP contribution in [0, 0.1) is 5.41 Å². The molecule has 3 N–H and O–H groups in total. The van der Waals surface area contributed by atoms with Crippen LogP contribution < -0.4 is 20.5 Å². The third-order valence-corrected chi connectivity index (χ3v) is 4.66. The van der Waals surface area contributed by atoms with Crippen molar-refractivity contribution < 1.29 is 14.3 Å². The van der Waals surface area contributed by atoms with Crippen molar-refractivity contribution >= 4 is 18.3 Å². The van der Waals surface area contributed by atoms with E-state index >= 15 is 0 Å². The SMILES string of the molecule is C=CCc1cc(CNC(=O)C(CC)(CC)CN)cc(OC)c1OC.Cl. The number of carbonyl (C=O) groups is 1. The Kier molecular flexibility index (Phi) is 10.2. The van der Waals surface area contributed by atoms with Crippen molar-refractivity contribution in [3.8, 4) is 11.5 Å². The van der Waals surface area contributed by atoms with Gasteiger partial charge < -0.3 is 20.5 Å². The highest BCUT2D eigenvalue weighted by atomic mass is 35.5. The number of nitrogens with two attached hydrogens (primary N) is 1. The quantitative estimate of drug-likeness (QED) is 0.620. The zero-order valence-electron chi connectivity index (χ0n) is 15.7. The molecule has 0 aromatic heterocycles. The number of rotatable bonds is 10. The lowest BCUT2D eigenvalue weighted by Gasteiger charge is -2.28. The molecule has 0 atom stereocenters. The summed E-state index contributed by atoms with van der Waals surface area (Å²) in [4.78, 5) is 12.6. The first-order chi connectivity index (χ1) is 11.5. The largest absolute Gasteiger partial charge is 0.493 e. The van der Waals surface area contributed by atoms with Gasteiger partial charge in [-0.1, -0.05) is 19.9 Å². The molecule has 1 aromatic carbocycles. The molecule has 6 heteroatoms. The maximum absolute atomic E-state index is 12.6. The number of nitrogens with one attached hydrogen (secondary N) is 1. The number of halogens is 1. The fraction of sp³-hybridized carbons (Fsp3) is 0.526. The summed E-state index contributed by atoms with van der Waals surface area (Å²) in [6.45, 7) is 8.53. The molecule has 5 nitrogen and oxygen atoms in total. The van der Waals surface area contributed by atoms with E-state index in [9.17, 15) is 4.79 Å². The lowest BCUT2D eigenvalue weighted by atomic mass is 9.81. The molecule has 0 spiro atoms. The van der Waals surface area contributed by atoms with Crippen LogP contribution >= 0.6 is 12.4 Å². The Balaban J connectivity index is 0.00000576. The first kappa shape index (κ1) is 23.3. The van der Waals surface area contributed by atoms with E-state index in [2.05, 4.69) is 11.9 Å². The van der Waals surface area contributed by atoms with Gasteiger partial charge in [0.1, 0.15) is 0 Å². The summed E-state index contributed by atoms with van der Waals surface area (Å²) < 4.78 is 10.8. The molecule has 25 heavy (non-hydrogen) atoms. The number of methoxy groups -OCH3 is 2. The summed E-state index contributed by atoms with van der Waals surface area (Å²) in [6, 6.07) is 3.89. The van der Waals surface area contributed by atoms with E-state index in [1.165, 1.54) is 0 Å². The molecule has 142 valence electrons. The Morgan fingerprint density at radius 3 is 2.36 bits per heavy atom. The predicted molar refractivity (Wildman–Crippen MR) is 105 cm³/mol. The molecule has 1 amide bonds. The summed E-state index contributed by atoms with van der Waals surface area (Å²) in [5, 5.41) is 3.01. The van der Waals surface area contributed by atoms with Gasteiger partial charge in [0.2, 0.25) is 5.91 Å². The number of hydrogen-bond acceptors (Lipinski definition) is 4. The van der Waals surface area contributed by atoms with Crippen molar-refractivity contribution in [2.75, 3.05) is 20.8 Å². The van der Waals surface area contributed by atoms with E-state index in [1.807, 2.05) is 32.1 Å². The second-order valence-electron chi connectivity index (χ2n) is 5.86. The van der Waals surface area contributed by atoms with E-state index in [1.54, 1.807) is 14.2 Å². The molecule has 0 aliphatic heterocycles. The predicted octanol–water partition coefficient (Wildman–Crippen LogP) is 3.24. The Labute approximate surface area is 157 Å². The minimum atomic E-state index is -0.500. The fourth-order valence-electron chi connectivity index (χ4n) is 2.84. The number of amides is 1. The van der Waals surface area contributed by atoms with Crippen LogP contribution in [0.15, 0.2) is 24.8 Å². The summed E-state index contributed by atoms with van der Waals surface area (Å²) in [7, 11) is 3.22. The molecule has 0 saturated heterocycles. The highest BCUT2D eigenvalue weighted by Gasteiger charge is 2.33. The molecular weight excluding hydrogens is 340 g/mol. The van der Waals surface area contributed by atoms with Gasteiger partial charge in [-0.15, -0.1) is 19.0 Å². The van der Waals surface area contributed by atoms with Gasteiger partial charge >= 0.3 is 0 Å². The highest BCUT2D eigenvalue weighted by Crippen LogP contribution is 2.33. The molecule has 0 radical (unpaired) electrons. The molecule has 0 aliphatic rings. The van der Waals surface area contributed by atoms with Crippen LogP contribution in [-0.2, 0) is 17.8 Å². The van der Waals surface area contributed by atoms with Gasteiger partial charge in [-0.25, -0.2) is 0 Å². The van der Waals surface area contributed by atoms with Gasteiger partial charge in [-0.3, -0.25) is 4.79 Å². The number of hydrogen-bond donors (Lipinski definition) is 2. The van der Waals surface area contributed by atoms with E-state index in [4.69, 9.17) is 15.2 Å². The topological polar surface area (TPSA) is 73.6 Å². The number of carbonyl (C=O) groups excluding carboxylic acids is 1. The van der Waals surface area contributed by atoms with Crippen molar-refractivity contribution in [3.05, 3.63) is 35.9 Å². The first-order valence-corrected chi connectivity index (χ1v) is 8.34. The molecular formula is C19H31ClN2O3. The number of benzene rings is 1. The molecule has 0 bridgehead atoms. The molecule has 0 aliphatic carbocycles. The Morgan fingerprint density at radius 1 is 1.28 bits per heavy atom. The van der Waals surface area contributed by atoms with Gasteiger partial charge in [-0.2, -0.15) is 0 Å². The van der Waals surface area contributed by atoms with E-state index in [0.29, 0.717) is 31.0 Å². The van der Waals surface area contributed by atoms with Crippen LogP contribution in [0.1, 0.15) is 37.8 Å². The Morgan fingerprint density at radius 2 is 1.92 bits per heavy atom. The van der Waals surface area contributed by atoms with Gasteiger partial charge in [0.15, 0.2) is 11.5 Å². The van der Waals surface area contributed by atoms with E-state index in [-0.39, 0.29) is 18.3 Å². The van der Waals surface area contributed by atoms with Crippen LogP contribution in [0.2, 0.25) is 0 Å². The Bertz CT molecular complexity index is 564. The van der Waals surface area contributed by atoms with Crippen molar-refractivity contribution in [1.29, 1.82) is 0 Å². The van der Waals surface area contributed by atoms with Gasteiger partial charge in [0, 0.05) is 18.7 Å². The second kappa shape index (κ2) is 11.0. The maximum atomic E-state index is 12.6. The lowest BCUT2D eigenvalue weighted by molar-refractivity contribution is -0.131. The third-order valence-electron chi connectivity index (χ3n) is 4.66. The van der Waals surface area contributed by atoms with Gasteiger partial charge in [-0.05, 0) is 37.0 Å². The fourth-order valence-corrected chi connectivity index (χ4v) is 2.84. The Hall–Kier alpha value is -1.72. The standard InChI is InChI=1S/C19H30N2O3.ClH/c1-6-9-15-10-14(11-16(23-4)17(15)24-5)12-21-18(22)19(7-2,8-3)13-20;/h6,10-11H,1,7-9,12-13,20H2,2-5H3,(H,21,22);1H. The molecule has 0 unspecified atom stereocenters. The van der Waals surface area contributed by atoms with E-state index in [0.717, 1.165) is 24.0 Å². The molecule has 0 heterocycles. The van der Waals surface area contributed by atoms with Crippen LogP contribution in [0.3, 0.4) is 0 Å². The molecule has 1 aromatic rings. The van der Waals surface area contributed by atoms with Crippen LogP contribution in [0.25, 0.3) is 0 Å². The smallest absolute Gasteiger partial charge is 0.227 e. The third kappa shape index (κ3) is 5.38. The zero-order chi connectivity index (χ0) is 18.2. The monoisotopic (exact) mass is 370 g/mol. The average Bonchev–Trinajstić information content (AvgIpc) is 2.61. The molecule has 0 saturated carbocycles. The normalized spacial score (nSPS) is 10.6. The minimum Gasteiger partial charge on any atom is -0.493 e. The van der Waals surface area contributed by atoms with Gasteiger partial charge in [0.05, 0.1) is 19.6 Å². The average molecular weight is 371 g/mol. The summed E-state index contributed by atoms with van der Waals surface area (Å²) in [5.41, 5.74) is 7.27. The van der Waals surface area contributed by atoms with Gasteiger partial charge in [0.25, 0.3) is 0 Å².